The van der Waals surface area contributed by atoms with Crippen molar-refractivity contribution in [2.45, 2.75) is 283 Å². The normalized spacial score (nSPS) is 13.7. The number of hydrogen-bond donors (Lipinski definition) is 3. The summed E-state index contributed by atoms with van der Waals surface area (Å²) in [4.78, 5) is 26.2. The Morgan fingerprint density at radius 1 is 0.460 bits per heavy atom. The van der Waals surface area contributed by atoms with Gasteiger partial charge in [0.15, 0.2) is 0 Å². The Bertz CT molecular complexity index is 1130. The van der Waals surface area contributed by atoms with Crippen molar-refractivity contribution in [3.63, 3.8) is 0 Å². The predicted octanol–water partition coefficient (Wildman–Crippen LogP) is 16.4. The number of esters is 1. The molecule has 0 aromatic heterocycles. The van der Waals surface area contributed by atoms with E-state index in [1.807, 2.05) is 0 Å². The van der Waals surface area contributed by atoms with E-state index in [9.17, 15) is 19.8 Å². The minimum absolute atomic E-state index is 0.0615. The van der Waals surface area contributed by atoms with Gasteiger partial charge in [-0.1, -0.05) is 236 Å². The number of aliphatic hydroxyl groups excluding tert-OH is 2. The van der Waals surface area contributed by atoms with E-state index in [0.717, 1.165) is 89.9 Å². The Morgan fingerprint density at radius 3 is 1.30 bits per heavy atom. The number of rotatable bonds is 48. The van der Waals surface area contributed by atoms with Gasteiger partial charge in [-0.2, -0.15) is 0 Å². The molecule has 0 aliphatic carbocycles. The summed E-state index contributed by atoms with van der Waals surface area (Å²) in [6.07, 6.45) is 62.7. The third kappa shape index (κ3) is 45.9. The number of unbranched alkanes of at least 4 members (excludes halogenated alkanes) is 29. The number of allylic oxidation sites excluding steroid dienone is 10. The average Bonchev–Trinajstić information content (AvgIpc) is 3.28. The first-order chi connectivity index (χ1) is 31.0. The molecule has 0 saturated heterocycles. The molecule has 3 N–H and O–H groups in total. The van der Waals surface area contributed by atoms with Gasteiger partial charge < -0.3 is 20.3 Å². The summed E-state index contributed by atoms with van der Waals surface area (Å²) < 4.78 is 5.94. The van der Waals surface area contributed by atoms with Gasteiger partial charge in [0.05, 0.1) is 25.2 Å². The lowest BCUT2D eigenvalue weighted by atomic mass is 10.0. The molecule has 0 radical (unpaired) electrons. The van der Waals surface area contributed by atoms with Crippen molar-refractivity contribution >= 4 is 11.9 Å². The largest absolute Gasteiger partial charge is 0.462 e. The second kappa shape index (κ2) is 50.6. The minimum Gasteiger partial charge on any atom is -0.462 e. The standard InChI is InChI=1S/C57H103NO5/c1-4-7-10-13-16-19-22-24-26-27-28-30-32-35-38-41-44-47-50-57(62)63-53(48-45-42-39-36-34-31-29-25-23-20-17-14-11-8-5-2)51-56(61)58-54(52-59)55(60)49-46-43-40-37-33-21-18-15-12-9-6-3/h16,19,22,24-30,53-55,59-60H,4-15,17-18,20-21,23,31-52H2,1-3H3,(H,58,61)/b19-16+,24-22+,27-26+,29-25+,30-28+. The van der Waals surface area contributed by atoms with Crippen molar-refractivity contribution < 1.29 is 24.5 Å². The summed E-state index contributed by atoms with van der Waals surface area (Å²) in [6, 6.07) is -0.710. The highest BCUT2D eigenvalue weighted by Gasteiger charge is 2.24. The molecule has 0 aliphatic rings. The summed E-state index contributed by atoms with van der Waals surface area (Å²) >= 11 is 0. The predicted molar refractivity (Wildman–Crippen MR) is 273 cm³/mol. The van der Waals surface area contributed by atoms with E-state index in [-0.39, 0.29) is 24.9 Å². The lowest BCUT2D eigenvalue weighted by Crippen LogP contribution is -2.46. The molecule has 1 amide bonds. The fraction of sp³-hybridized carbons (Fsp3) is 0.789. The van der Waals surface area contributed by atoms with E-state index in [4.69, 9.17) is 4.74 Å². The van der Waals surface area contributed by atoms with Crippen LogP contribution in [0.1, 0.15) is 265 Å². The van der Waals surface area contributed by atoms with Crippen LogP contribution in [0.15, 0.2) is 60.8 Å². The Labute approximate surface area is 390 Å². The Kier molecular flexibility index (Phi) is 48.6. The van der Waals surface area contributed by atoms with Gasteiger partial charge in [-0.05, 0) is 77.0 Å². The van der Waals surface area contributed by atoms with E-state index in [1.54, 1.807) is 0 Å². The molecular formula is C57H103NO5. The molecule has 3 unspecified atom stereocenters. The maximum atomic E-state index is 13.2. The number of carbonyl (C=O) groups is 2. The quantitative estimate of drug-likeness (QED) is 0.0245. The molecule has 0 spiro atoms. The van der Waals surface area contributed by atoms with Gasteiger partial charge in [0, 0.05) is 6.42 Å². The molecule has 366 valence electrons. The summed E-state index contributed by atoms with van der Waals surface area (Å²) in [5.74, 6) is -0.504. The fourth-order valence-corrected chi connectivity index (χ4v) is 8.03. The zero-order chi connectivity index (χ0) is 45.9. The summed E-state index contributed by atoms with van der Waals surface area (Å²) in [5, 5.41) is 23.8. The summed E-state index contributed by atoms with van der Waals surface area (Å²) in [6.45, 7) is 6.44. The Balaban J connectivity index is 4.64. The van der Waals surface area contributed by atoms with Crippen LogP contribution in [0, 0.1) is 0 Å². The van der Waals surface area contributed by atoms with E-state index >= 15 is 0 Å². The minimum atomic E-state index is -0.795. The van der Waals surface area contributed by atoms with Crippen molar-refractivity contribution in [3.8, 4) is 0 Å². The molecule has 0 aromatic rings. The van der Waals surface area contributed by atoms with Crippen molar-refractivity contribution in [2.24, 2.45) is 0 Å². The summed E-state index contributed by atoms with van der Waals surface area (Å²) in [5.41, 5.74) is 0. The highest BCUT2D eigenvalue weighted by atomic mass is 16.5. The van der Waals surface area contributed by atoms with Crippen LogP contribution in [0.25, 0.3) is 0 Å². The Morgan fingerprint density at radius 2 is 0.825 bits per heavy atom. The number of hydrogen-bond acceptors (Lipinski definition) is 5. The van der Waals surface area contributed by atoms with Crippen LogP contribution in [-0.4, -0.2) is 46.9 Å². The van der Waals surface area contributed by atoms with E-state index in [2.05, 4.69) is 86.8 Å². The molecule has 0 heterocycles. The monoisotopic (exact) mass is 882 g/mol. The topological polar surface area (TPSA) is 95.9 Å². The molecule has 0 bridgehead atoms. The molecule has 0 aromatic carbocycles. The van der Waals surface area contributed by atoms with Gasteiger partial charge in [-0.15, -0.1) is 0 Å². The van der Waals surface area contributed by atoms with Crippen molar-refractivity contribution in [3.05, 3.63) is 60.8 Å². The maximum Gasteiger partial charge on any atom is 0.306 e. The lowest BCUT2D eigenvalue weighted by molar-refractivity contribution is -0.151. The molecular weight excluding hydrogens is 779 g/mol. The van der Waals surface area contributed by atoms with Crippen LogP contribution < -0.4 is 5.32 Å². The SMILES string of the molecule is CCCCC/C=C/C=C/C=C/C=C/CCCCCCCC(=O)OC(CCCCCCC/C=C/CCCCCCCC)CC(=O)NC(CO)C(O)CCCCCCCCCCCCC. The first kappa shape index (κ1) is 60.6. The second-order valence-corrected chi connectivity index (χ2v) is 18.4. The van der Waals surface area contributed by atoms with Crippen LogP contribution in [0.5, 0.6) is 0 Å². The van der Waals surface area contributed by atoms with Gasteiger partial charge in [0.25, 0.3) is 0 Å². The maximum absolute atomic E-state index is 13.2. The zero-order valence-electron chi connectivity index (χ0n) is 41.7. The van der Waals surface area contributed by atoms with Crippen LogP contribution in [-0.2, 0) is 14.3 Å². The zero-order valence-corrected chi connectivity index (χ0v) is 41.7. The third-order valence-electron chi connectivity index (χ3n) is 12.2. The van der Waals surface area contributed by atoms with Crippen LogP contribution in [0.3, 0.4) is 0 Å². The van der Waals surface area contributed by atoms with Gasteiger partial charge >= 0.3 is 5.97 Å². The second-order valence-electron chi connectivity index (χ2n) is 18.4. The molecule has 0 rings (SSSR count). The number of aliphatic hydroxyl groups is 2. The average molecular weight is 882 g/mol. The molecule has 3 atom stereocenters. The highest BCUT2D eigenvalue weighted by Crippen LogP contribution is 2.18. The lowest BCUT2D eigenvalue weighted by Gasteiger charge is -2.24. The molecule has 63 heavy (non-hydrogen) atoms. The van der Waals surface area contributed by atoms with Crippen molar-refractivity contribution in [2.75, 3.05) is 6.61 Å². The number of ether oxygens (including phenoxy) is 1. The van der Waals surface area contributed by atoms with Gasteiger partial charge in [-0.25, -0.2) is 0 Å². The smallest absolute Gasteiger partial charge is 0.306 e. The van der Waals surface area contributed by atoms with Crippen LogP contribution in [0.2, 0.25) is 0 Å². The molecule has 0 saturated carbocycles. The molecule has 6 nitrogen and oxygen atoms in total. The number of nitrogens with one attached hydrogen (secondary N) is 1. The van der Waals surface area contributed by atoms with Crippen LogP contribution in [0.4, 0.5) is 0 Å². The summed E-state index contributed by atoms with van der Waals surface area (Å²) in [7, 11) is 0. The fourth-order valence-electron chi connectivity index (χ4n) is 8.03. The van der Waals surface area contributed by atoms with Crippen molar-refractivity contribution in [1.82, 2.24) is 5.32 Å². The highest BCUT2D eigenvalue weighted by molar-refractivity contribution is 5.77. The Hall–Kier alpha value is -2.44. The van der Waals surface area contributed by atoms with E-state index in [1.165, 1.54) is 128 Å². The number of carbonyl (C=O) groups excluding carboxylic acids is 2. The van der Waals surface area contributed by atoms with Gasteiger partial charge in [0.2, 0.25) is 5.91 Å². The third-order valence-corrected chi connectivity index (χ3v) is 12.2. The van der Waals surface area contributed by atoms with Gasteiger partial charge in [-0.3, -0.25) is 9.59 Å². The first-order valence-corrected chi connectivity index (χ1v) is 27.1. The number of amides is 1. The van der Waals surface area contributed by atoms with Crippen molar-refractivity contribution in [1.29, 1.82) is 0 Å². The first-order valence-electron chi connectivity index (χ1n) is 27.1. The van der Waals surface area contributed by atoms with E-state index in [0.29, 0.717) is 19.3 Å². The van der Waals surface area contributed by atoms with E-state index < -0.39 is 18.2 Å². The molecule has 6 heteroatoms. The van der Waals surface area contributed by atoms with Crippen LogP contribution >= 0.6 is 0 Å². The van der Waals surface area contributed by atoms with Gasteiger partial charge in [0.1, 0.15) is 6.10 Å². The molecule has 0 fully saturated rings. The molecule has 0 aliphatic heterocycles.